The molecule has 0 unspecified atom stereocenters. The minimum Gasteiger partial charge on any atom is -0.449 e. The van der Waals surface area contributed by atoms with Crippen LogP contribution in [0.2, 0.25) is 0 Å². The van der Waals surface area contributed by atoms with Crippen LogP contribution in [-0.2, 0) is 19.6 Å². The van der Waals surface area contributed by atoms with Crippen molar-refractivity contribution in [3.05, 3.63) is 41.6 Å². The maximum absolute atomic E-state index is 12.6. The zero-order chi connectivity index (χ0) is 21.9. The predicted octanol–water partition coefficient (Wildman–Crippen LogP) is 2.21. The summed E-state index contributed by atoms with van der Waals surface area (Å²) in [6, 6.07) is 5.89. The molecule has 0 aliphatic rings. The third kappa shape index (κ3) is 5.01. The standard InChI is InChI=1S/C19H26N4O5S/c1-12(2)23-17(9-10-20-23)21-18(24)14(4)28-19(25)16-11-15(8-7-13(16)3)29(26,27)22(5)6/h7-12,14H,1-6H3,(H,21,24)/t14-/m1/s1. The Morgan fingerprint density at radius 3 is 2.41 bits per heavy atom. The van der Waals surface area contributed by atoms with Gasteiger partial charge in [0.05, 0.1) is 16.7 Å². The van der Waals surface area contributed by atoms with Crippen LogP contribution < -0.4 is 5.32 Å². The maximum atomic E-state index is 12.6. The lowest BCUT2D eigenvalue weighted by Gasteiger charge is -2.17. The van der Waals surface area contributed by atoms with Crippen molar-refractivity contribution in [2.45, 2.75) is 44.7 Å². The van der Waals surface area contributed by atoms with Crippen LogP contribution in [-0.4, -0.2) is 54.6 Å². The normalized spacial score (nSPS) is 12.8. The summed E-state index contributed by atoms with van der Waals surface area (Å²) in [5.41, 5.74) is 0.623. The number of hydrogen-bond donors (Lipinski definition) is 1. The van der Waals surface area contributed by atoms with Gasteiger partial charge in [0.1, 0.15) is 5.82 Å². The average Bonchev–Trinajstić information content (AvgIpc) is 3.09. The summed E-state index contributed by atoms with van der Waals surface area (Å²) >= 11 is 0. The van der Waals surface area contributed by atoms with Gasteiger partial charge in [0.2, 0.25) is 10.0 Å². The summed E-state index contributed by atoms with van der Waals surface area (Å²) in [5.74, 6) is -0.808. The zero-order valence-electron chi connectivity index (χ0n) is 17.3. The van der Waals surface area contributed by atoms with E-state index >= 15 is 0 Å². The molecule has 9 nitrogen and oxygen atoms in total. The van der Waals surface area contributed by atoms with Crippen molar-refractivity contribution in [2.24, 2.45) is 0 Å². The second kappa shape index (κ2) is 8.75. The molecule has 1 atom stereocenters. The van der Waals surface area contributed by atoms with Crippen LogP contribution in [0.5, 0.6) is 0 Å². The number of carbonyl (C=O) groups excluding carboxylic acids is 2. The molecule has 0 fully saturated rings. The molecule has 0 bridgehead atoms. The Hall–Kier alpha value is -2.72. The van der Waals surface area contributed by atoms with Gasteiger partial charge in [-0.1, -0.05) is 6.07 Å². The Morgan fingerprint density at radius 2 is 1.83 bits per heavy atom. The first-order chi connectivity index (χ1) is 13.4. The van der Waals surface area contributed by atoms with E-state index in [0.717, 1.165) is 4.31 Å². The van der Waals surface area contributed by atoms with Gasteiger partial charge in [-0.15, -0.1) is 0 Å². The Morgan fingerprint density at radius 1 is 1.17 bits per heavy atom. The molecule has 0 radical (unpaired) electrons. The number of nitrogens with one attached hydrogen (secondary N) is 1. The van der Waals surface area contributed by atoms with Gasteiger partial charge >= 0.3 is 5.97 Å². The third-order valence-corrected chi connectivity index (χ3v) is 6.08. The molecule has 1 aromatic carbocycles. The van der Waals surface area contributed by atoms with Crippen LogP contribution in [0.1, 0.15) is 42.7 Å². The van der Waals surface area contributed by atoms with E-state index in [1.165, 1.54) is 39.2 Å². The Labute approximate surface area is 170 Å². The molecule has 1 amide bonds. The minimum absolute atomic E-state index is 0.0296. The maximum Gasteiger partial charge on any atom is 0.339 e. The fourth-order valence-electron chi connectivity index (χ4n) is 2.52. The summed E-state index contributed by atoms with van der Waals surface area (Å²) in [6.45, 7) is 6.95. The summed E-state index contributed by atoms with van der Waals surface area (Å²) in [5, 5.41) is 6.80. The van der Waals surface area contributed by atoms with Gasteiger partial charge in [-0.2, -0.15) is 5.10 Å². The van der Waals surface area contributed by atoms with E-state index in [4.69, 9.17) is 4.74 Å². The molecule has 0 aliphatic heterocycles. The van der Waals surface area contributed by atoms with Crippen molar-refractivity contribution in [3.63, 3.8) is 0 Å². The Balaban J connectivity index is 2.17. The van der Waals surface area contributed by atoms with Crippen LogP contribution in [0, 0.1) is 6.92 Å². The molecular formula is C19H26N4O5S. The van der Waals surface area contributed by atoms with Gasteiger partial charge in [0.15, 0.2) is 6.10 Å². The second-order valence-corrected chi connectivity index (χ2v) is 9.21. The number of ether oxygens (including phenoxy) is 1. The van der Waals surface area contributed by atoms with E-state index in [-0.39, 0.29) is 16.5 Å². The number of sulfonamides is 1. The molecule has 0 aliphatic carbocycles. The van der Waals surface area contributed by atoms with Gasteiger partial charge in [-0.25, -0.2) is 22.2 Å². The predicted molar refractivity (Wildman–Crippen MR) is 108 cm³/mol. The highest BCUT2D eigenvalue weighted by Crippen LogP contribution is 2.20. The molecule has 2 rings (SSSR count). The lowest BCUT2D eigenvalue weighted by atomic mass is 10.1. The number of anilines is 1. The first-order valence-corrected chi connectivity index (χ1v) is 10.5. The number of hydrogen-bond acceptors (Lipinski definition) is 6. The summed E-state index contributed by atoms with van der Waals surface area (Å²) in [7, 11) is -0.897. The van der Waals surface area contributed by atoms with Crippen molar-refractivity contribution in [3.8, 4) is 0 Å². The number of aryl methyl sites for hydroxylation is 1. The van der Waals surface area contributed by atoms with Crippen molar-refractivity contribution in [1.82, 2.24) is 14.1 Å². The summed E-state index contributed by atoms with van der Waals surface area (Å²) in [4.78, 5) is 25.0. The summed E-state index contributed by atoms with van der Waals surface area (Å²) in [6.07, 6.45) is 0.471. The smallest absolute Gasteiger partial charge is 0.339 e. The molecule has 2 aromatic rings. The van der Waals surface area contributed by atoms with Gasteiger partial charge in [-0.3, -0.25) is 4.79 Å². The van der Waals surface area contributed by atoms with Gasteiger partial charge in [0, 0.05) is 26.2 Å². The Bertz CT molecular complexity index is 1010. The molecule has 1 heterocycles. The number of nitrogens with zero attached hydrogens (tertiary/aromatic N) is 3. The van der Waals surface area contributed by atoms with Gasteiger partial charge in [0.25, 0.3) is 5.91 Å². The third-order valence-electron chi connectivity index (χ3n) is 4.27. The van der Waals surface area contributed by atoms with E-state index in [9.17, 15) is 18.0 Å². The van der Waals surface area contributed by atoms with E-state index < -0.39 is 28.0 Å². The molecular weight excluding hydrogens is 396 g/mol. The number of carbonyl (C=O) groups is 2. The highest BCUT2D eigenvalue weighted by Gasteiger charge is 2.24. The van der Waals surface area contributed by atoms with Crippen LogP contribution in [0.15, 0.2) is 35.4 Å². The number of rotatable bonds is 7. The minimum atomic E-state index is -3.71. The lowest BCUT2D eigenvalue weighted by Crippen LogP contribution is -2.31. The van der Waals surface area contributed by atoms with Crippen LogP contribution in [0.4, 0.5) is 5.82 Å². The van der Waals surface area contributed by atoms with Crippen molar-refractivity contribution in [1.29, 1.82) is 0 Å². The Kier molecular flexibility index (Phi) is 6.81. The molecule has 0 saturated carbocycles. The number of amides is 1. The van der Waals surface area contributed by atoms with E-state index in [1.54, 1.807) is 23.9 Å². The number of esters is 1. The monoisotopic (exact) mass is 422 g/mol. The van der Waals surface area contributed by atoms with Crippen molar-refractivity contribution < 1.29 is 22.7 Å². The number of aromatic nitrogens is 2. The van der Waals surface area contributed by atoms with Crippen molar-refractivity contribution in [2.75, 3.05) is 19.4 Å². The van der Waals surface area contributed by atoms with Gasteiger partial charge in [-0.05, 0) is 45.4 Å². The van der Waals surface area contributed by atoms with Crippen LogP contribution in [0.25, 0.3) is 0 Å². The van der Waals surface area contributed by atoms with E-state index in [1.807, 2.05) is 13.8 Å². The quantitative estimate of drug-likeness (QED) is 0.685. The molecule has 1 aromatic heterocycles. The largest absolute Gasteiger partial charge is 0.449 e. The molecule has 0 spiro atoms. The first-order valence-electron chi connectivity index (χ1n) is 9.03. The second-order valence-electron chi connectivity index (χ2n) is 7.06. The highest BCUT2D eigenvalue weighted by atomic mass is 32.2. The molecule has 1 N–H and O–H groups in total. The first kappa shape index (κ1) is 22.6. The molecule has 0 saturated heterocycles. The average molecular weight is 423 g/mol. The fraction of sp³-hybridized carbons (Fsp3) is 0.421. The lowest BCUT2D eigenvalue weighted by molar-refractivity contribution is -0.123. The fourth-order valence-corrected chi connectivity index (χ4v) is 3.45. The van der Waals surface area contributed by atoms with E-state index in [2.05, 4.69) is 10.4 Å². The molecule has 29 heavy (non-hydrogen) atoms. The van der Waals surface area contributed by atoms with E-state index in [0.29, 0.717) is 11.4 Å². The molecule has 158 valence electrons. The molecule has 10 heteroatoms. The SMILES string of the molecule is Cc1ccc(S(=O)(=O)N(C)C)cc1C(=O)O[C@H](C)C(=O)Nc1ccnn1C(C)C. The topological polar surface area (TPSA) is 111 Å². The highest BCUT2D eigenvalue weighted by molar-refractivity contribution is 7.89. The zero-order valence-corrected chi connectivity index (χ0v) is 18.1. The summed E-state index contributed by atoms with van der Waals surface area (Å²) < 4.78 is 32.6. The van der Waals surface area contributed by atoms with Crippen molar-refractivity contribution >= 4 is 27.7 Å². The van der Waals surface area contributed by atoms with Crippen LogP contribution >= 0.6 is 0 Å². The van der Waals surface area contributed by atoms with Gasteiger partial charge < -0.3 is 10.1 Å². The van der Waals surface area contributed by atoms with Crippen LogP contribution in [0.3, 0.4) is 0 Å². The number of benzene rings is 1.